The number of fused-ring (bicyclic) bond motifs is 1. The van der Waals surface area contributed by atoms with Gasteiger partial charge in [0, 0.05) is 25.0 Å². The lowest BCUT2D eigenvalue weighted by atomic mass is 10.1. The van der Waals surface area contributed by atoms with Crippen molar-refractivity contribution in [1.29, 1.82) is 0 Å². The number of imidazole rings is 1. The summed E-state index contributed by atoms with van der Waals surface area (Å²) in [5, 5.41) is 2.15. The Labute approximate surface area is 144 Å². The Balaban J connectivity index is 1.64. The minimum atomic E-state index is 0.00431. The van der Waals surface area contributed by atoms with Crippen molar-refractivity contribution in [3.05, 3.63) is 44.9 Å². The number of thiophene rings is 1. The van der Waals surface area contributed by atoms with Crippen molar-refractivity contribution in [2.24, 2.45) is 7.05 Å². The van der Waals surface area contributed by atoms with Gasteiger partial charge in [0.05, 0.1) is 12.2 Å². The molecule has 3 aromatic rings. The SMILES string of the molecule is Cc1ccsc1CN1CCC[C@H](n2c(=O)n(C)c3cncnc32)C1. The number of nitrogens with zero attached hydrogens (tertiary/aromatic N) is 5. The van der Waals surface area contributed by atoms with Crippen LogP contribution in [-0.2, 0) is 13.6 Å². The van der Waals surface area contributed by atoms with E-state index in [1.54, 1.807) is 17.8 Å². The highest BCUT2D eigenvalue weighted by atomic mass is 32.1. The van der Waals surface area contributed by atoms with Crippen molar-refractivity contribution < 1.29 is 0 Å². The minimum absolute atomic E-state index is 0.00431. The topological polar surface area (TPSA) is 56.0 Å². The molecule has 4 rings (SSSR count). The minimum Gasteiger partial charge on any atom is -0.296 e. The first-order valence-corrected chi connectivity index (χ1v) is 9.15. The molecule has 0 aromatic carbocycles. The number of piperidine rings is 1. The third-order valence-corrected chi connectivity index (χ3v) is 5.94. The van der Waals surface area contributed by atoms with Gasteiger partial charge in [0.2, 0.25) is 0 Å². The molecular formula is C17H21N5OS. The zero-order valence-electron chi connectivity index (χ0n) is 14.0. The largest absolute Gasteiger partial charge is 0.330 e. The fraction of sp³-hybridized carbons (Fsp3) is 0.471. The van der Waals surface area contributed by atoms with Crippen LogP contribution in [0.5, 0.6) is 0 Å². The van der Waals surface area contributed by atoms with Crippen LogP contribution in [0.2, 0.25) is 0 Å². The van der Waals surface area contributed by atoms with Gasteiger partial charge in [-0.15, -0.1) is 11.3 Å². The molecule has 0 saturated carbocycles. The molecule has 0 amide bonds. The Morgan fingerprint density at radius 2 is 2.29 bits per heavy atom. The Hall–Kier alpha value is -1.99. The Morgan fingerprint density at radius 3 is 3.08 bits per heavy atom. The van der Waals surface area contributed by atoms with Crippen LogP contribution in [0.3, 0.4) is 0 Å². The van der Waals surface area contributed by atoms with E-state index in [1.807, 2.05) is 15.9 Å². The van der Waals surface area contributed by atoms with E-state index in [-0.39, 0.29) is 11.7 Å². The number of aromatic nitrogens is 4. The van der Waals surface area contributed by atoms with Crippen LogP contribution in [-0.4, -0.2) is 37.1 Å². The van der Waals surface area contributed by atoms with Gasteiger partial charge in [0.25, 0.3) is 0 Å². The van der Waals surface area contributed by atoms with Crippen molar-refractivity contribution in [3.8, 4) is 0 Å². The average molecular weight is 343 g/mol. The molecule has 126 valence electrons. The van der Waals surface area contributed by atoms with E-state index < -0.39 is 0 Å². The van der Waals surface area contributed by atoms with Gasteiger partial charge in [0.1, 0.15) is 11.8 Å². The van der Waals surface area contributed by atoms with Gasteiger partial charge in [0.15, 0.2) is 5.65 Å². The second kappa shape index (κ2) is 6.14. The smallest absolute Gasteiger partial charge is 0.296 e. The van der Waals surface area contributed by atoms with E-state index in [9.17, 15) is 4.79 Å². The first-order chi connectivity index (χ1) is 11.6. The summed E-state index contributed by atoms with van der Waals surface area (Å²) in [5.74, 6) is 0. The Bertz CT molecular complexity index is 925. The van der Waals surface area contributed by atoms with Crippen LogP contribution >= 0.6 is 11.3 Å². The maximum Gasteiger partial charge on any atom is 0.330 e. The summed E-state index contributed by atoms with van der Waals surface area (Å²) in [4.78, 5) is 25.0. The highest BCUT2D eigenvalue weighted by Gasteiger charge is 2.26. The standard InChI is InChI=1S/C17H21N5OS/c1-12-5-7-24-15(12)10-21-6-3-4-13(9-21)22-16-14(8-18-11-19-16)20(2)17(22)23/h5,7-8,11,13H,3-4,6,9-10H2,1-2H3/t13-/m0/s1. The van der Waals surface area contributed by atoms with E-state index in [0.717, 1.165) is 43.6 Å². The zero-order chi connectivity index (χ0) is 16.7. The van der Waals surface area contributed by atoms with Crippen molar-refractivity contribution in [2.75, 3.05) is 13.1 Å². The van der Waals surface area contributed by atoms with Gasteiger partial charge < -0.3 is 0 Å². The van der Waals surface area contributed by atoms with Crippen LogP contribution < -0.4 is 5.69 Å². The normalized spacial score (nSPS) is 19.2. The number of aryl methyl sites for hydroxylation is 2. The van der Waals surface area contributed by atoms with Crippen LogP contribution in [0.15, 0.2) is 28.8 Å². The van der Waals surface area contributed by atoms with E-state index in [4.69, 9.17) is 0 Å². The maximum atomic E-state index is 12.7. The number of likely N-dealkylation sites (tertiary alicyclic amines) is 1. The quantitative estimate of drug-likeness (QED) is 0.732. The molecule has 1 saturated heterocycles. The lowest BCUT2D eigenvalue weighted by Crippen LogP contribution is -2.39. The number of hydrogen-bond acceptors (Lipinski definition) is 5. The summed E-state index contributed by atoms with van der Waals surface area (Å²) in [6.07, 6.45) is 5.36. The molecule has 6 nitrogen and oxygen atoms in total. The summed E-state index contributed by atoms with van der Waals surface area (Å²) >= 11 is 1.82. The molecule has 0 spiro atoms. The molecule has 0 unspecified atom stereocenters. The molecule has 24 heavy (non-hydrogen) atoms. The number of rotatable bonds is 3. The Morgan fingerprint density at radius 1 is 1.42 bits per heavy atom. The molecular weight excluding hydrogens is 322 g/mol. The van der Waals surface area contributed by atoms with E-state index in [1.165, 1.54) is 16.8 Å². The molecule has 1 aliphatic rings. The molecule has 1 fully saturated rings. The van der Waals surface area contributed by atoms with Gasteiger partial charge in [-0.1, -0.05) is 0 Å². The van der Waals surface area contributed by atoms with Crippen molar-refractivity contribution in [2.45, 2.75) is 32.4 Å². The molecule has 3 aromatic heterocycles. The van der Waals surface area contributed by atoms with E-state index >= 15 is 0 Å². The fourth-order valence-electron chi connectivity index (χ4n) is 3.58. The Kier molecular flexibility index (Phi) is 3.97. The predicted molar refractivity (Wildman–Crippen MR) is 95.4 cm³/mol. The van der Waals surface area contributed by atoms with Crippen LogP contribution in [0.1, 0.15) is 29.3 Å². The first-order valence-electron chi connectivity index (χ1n) is 8.27. The number of hydrogen-bond donors (Lipinski definition) is 0. The summed E-state index contributed by atoms with van der Waals surface area (Å²) in [6, 6.07) is 2.35. The molecule has 4 heterocycles. The van der Waals surface area contributed by atoms with Crippen molar-refractivity contribution in [1.82, 2.24) is 24.0 Å². The lowest BCUT2D eigenvalue weighted by Gasteiger charge is -2.33. The fourth-order valence-corrected chi connectivity index (χ4v) is 4.52. The molecule has 1 atom stereocenters. The zero-order valence-corrected chi connectivity index (χ0v) is 14.8. The lowest BCUT2D eigenvalue weighted by molar-refractivity contribution is 0.171. The van der Waals surface area contributed by atoms with Gasteiger partial charge in [-0.25, -0.2) is 14.8 Å². The second-order valence-corrected chi connectivity index (χ2v) is 7.50. The third-order valence-electron chi connectivity index (χ3n) is 4.94. The summed E-state index contributed by atoms with van der Waals surface area (Å²) in [6.45, 7) is 5.11. The van der Waals surface area contributed by atoms with E-state index in [0.29, 0.717) is 0 Å². The molecule has 7 heteroatoms. The molecule has 0 aliphatic carbocycles. The van der Waals surface area contributed by atoms with Gasteiger partial charge in [-0.2, -0.15) is 0 Å². The molecule has 1 aliphatic heterocycles. The second-order valence-electron chi connectivity index (χ2n) is 6.50. The highest BCUT2D eigenvalue weighted by molar-refractivity contribution is 7.10. The van der Waals surface area contributed by atoms with Crippen molar-refractivity contribution in [3.63, 3.8) is 0 Å². The monoisotopic (exact) mass is 343 g/mol. The summed E-state index contributed by atoms with van der Waals surface area (Å²) in [7, 11) is 1.79. The highest BCUT2D eigenvalue weighted by Crippen LogP contribution is 2.26. The van der Waals surface area contributed by atoms with Crippen LogP contribution in [0.4, 0.5) is 0 Å². The first kappa shape index (κ1) is 15.5. The maximum absolute atomic E-state index is 12.7. The molecule has 0 N–H and O–H groups in total. The molecule has 0 radical (unpaired) electrons. The van der Waals surface area contributed by atoms with Gasteiger partial charge in [-0.05, 0) is 43.3 Å². The van der Waals surface area contributed by atoms with Crippen LogP contribution in [0, 0.1) is 6.92 Å². The van der Waals surface area contributed by atoms with Gasteiger partial charge in [-0.3, -0.25) is 14.0 Å². The average Bonchev–Trinajstić information content (AvgIpc) is 3.10. The van der Waals surface area contributed by atoms with Gasteiger partial charge >= 0.3 is 5.69 Å². The van der Waals surface area contributed by atoms with E-state index in [2.05, 4.69) is 33.2 Å². The van der Waals surface area contributed by atoms with Crippen LogP contribution in [0.25, 0.3) is 11.2 Å². The predicted octanol–water partition coefficient (Wildman–Crippen LogP) is 2.34. The van der Waals surface area contributed by atoms with Crippen molar-refractivity contribution >= 4 is 22.5 Å². The third kappa shape index (κ3) is 2.57. The molecule has 0 bridgehead atoms. The summed E-state index contributed by atoms with van der Waals surface area (Å²) in [5.41, 5.74) is 2.91. The summed E-state index contributed by atoms with van der Waals surface area (Å²) < 4.78 is 3.52.